The second-order valence-corrected chi connectivity index (χ2v) is 6.38. The molecule has 1 saturated heterocycles. The molecule has 0 radical (unpaired) electrons. The number of carbonyl (C=O) groups is 1. The summed E-state index contributed by atoms with van der Waals surface area (Å²) in [4.78, 5) is 14.6. The van der Waals surface area contributed by atoms with Crippen LogP contribution in [0.2, 0.25) is 0 Å². The maximum Gasteiger partial charge on any atom is 0.248 e. The minimum absolute atomic E-state index is 0.162. The number of nitrogens with zero attached hydrogens (tertiary/aromatic N) is 1. The van der Waals surface area contributed by atoms with Crippen molar-refractivity contribution >= 4 is 17.7 Å². The summed E-state index contributed by atoms with van der Waals surface area (Å²) in [6.07, 6.45) is 3.31. The maximum atomic E-state index is 12.3. The van der Waals surface area contributed by atoms with Crippen LogP contribution in [0.25, 0.3) is 6.08 Å². The lowest BCUT2D eigenvalue weighted by Crippen LogP contribution is -2.35. The normalized spacial score (nSPS) is 15.0. The number of carbonyl (C=O) groups excluding carboxylic acids is 1. The van der Waals surface area contributed by atoms with Crippen molar-refractivity contribution < 1.29 is 14.3 Å². The smallest absolute Gasteiger partial charge is 0.248 e. The number of anilines is 1. The lowest BCUT2D eigenvalue weighted by molar-refractivity contribution is -0.111. The third kappa shape index (κ3) is 5.94. The number of hydrogen-bond donors (Lipinski definition) is 1. The molecule has 0 spiro atoms. The van der Waals surface area contributed by atoms with Crippen LogP contribution < -0.4 is 10.1 Å². The molecule has 1 aliphatic heterocycles. The van der Waals surface area contributed by atoms with Gasteiger partial charge in [0.1, 0.15) is 5.75 Å². The van der Waals surface area contributed by atoms with E-state index in [4.69, 9.17) is 9.47 Å². The highest BCUT2D eigenvalue weighted by Crippen LogP contribution is 2.19. The van der Waals surface area contributed by atoms with Crippen LogP contribution in [0, 0.1) is 0 Å². The number of nitrogens with one attached hydrogen (secondary N) is 1. The lowest BCUT2D eigenvalue weighted by atomic mass is 10.1. The fourth-order valence-electron chi connectivity index (χ4n) is 3.02. The summed E-state index contributed by atoms with van der Waals surface area (Å²) in [5.74, 6) is 0.612. The fourth-order valence-corrected chi connectivity index (χ4v) is 3.02. The summed E-state index contributed by atoms with van der Waals surface area (Å²) in [5, 5.41) is 2.93. The van der Waals surface area contributed by atoms with Crippen LogP contribution in [0.3, 0.4) is 0 Å². The van der Waals surface area contributed by atoms with Crippen molar-refractivity contribution in [2.75, 3.05) is 38.2 Å². The largest absolute Gasteiger partial charge is 0.493 e. The Balaban J connectivity index is 1.60. The van der Waals surface area contributed by atoms with Crippen LogP contribution in [0.15, 0.2) is 54.6 Å². The molecule has 27 heavy (non-hydrogen) atoms. The summed E-state index contributed by atoms with van der Waals surface area (Å²) >= 11 is 0. The Kier molecular flexibility index (Phi) is 7.02. The van der Waals surface area contributed by atoms with Gasteiger partial charge in [-0.1, -0.05) is 30.3 Å². The highest BCUT2D eigenvalue weighted by Gasteiger charge is 2.11. The molecule has 5 heteroatoms. The first-order chi connectivity index (χ1) is 13.2. The minimum atomic E-state index is -0.162. The summed E-state index contributed by atoms with van der Waals surface area (Å²) in [6, 6.07) is 15.7. The average molecular weight is 366 g/mol. The Morgan fingerprint density at radius 3 is 2.81 bits per heavy atom. The molecule has 0 atom stereocenters. The summed E-state index contributed by atoms with van der Waals surface area (Å²) in [6.45, 7) is 6.85. The molecule has 1 fully saturated rings. The molecule has 0 unspecified atom stereocenters. The molecule has 0 aliphatic carbocycles. The van der Waals surface area contributed by atoms with Gasteiger partial charge in [-0.25, -0.2) is 0 Å². The predicted molar refractivity (Wildman–Crippen MR) is 108 cm³/mol. The van der Waals surface area contributed by atoms with E-state index in [1.54, 1.807) is 6.08 Å². The van der Waals surface area contributed by atoms with Crippen molar-refractivity contribution in [3.63, 3.8) is 0 Å². The minimum Gasteiger partial charge on any atom is -0.493 e. The Bertz CT molecular complexity index is 783. The first-order valence-electron chi connectivity index (χ1n) is 9.34. The molecule has 5 nitrogen and oxygen atoms in total. The van der Waals surface area contributed by atoms with E-state index >= 15 is 0 Å². The first kappa shape index (κ1) is 19.1. The molecule has 0 aromatic heterocycles. The predicted octanol–water partition coefficient (Wildman–Crippen LogP) is 3.57. The van der Waals surface area contributed by atoms with Crippen molar-refractivity contribution in [1.82, 2.24) is 4.90 Å². The van der Waals surface area contributed by atoms with Gasteiger partial charge in [0, 0.05) is 37.0 Å². The average Bonchev–Trinajstić information content (AvgIpc) is 2.69. The van der Waals surface area contributed by atoms with E-state index in [9.17, 15) is 4.79 Å². The van der Waals surface area contributed by atoms with Gasteiger partial charge in [0.2, 0.25) is 5.91 Å². The number of amides is 1. The Labute approximate surface area is 160 Å². The van der Waals surface area contributed by atoms with E-state index in [0.29, 0.717) is 6.61 Å². The Morgan fingerprint density at radius 1 is 1.19 bits per heavy atom. The molecule has 3 rings (SSSR count). The Morgan fingerprint density at radius 2 is 2.00 bits per heavy atom. The van der Waals surface area contributed by atoms with E-state index in [1.807, 2.05) is 49.4 Å². The molecule has 1 N–H and O–H groups in total. The molecule has 0 saturated carbocycles. The van der Waals surface area contributed by atoms with Crippen LogP contribution >= 0.6 is 0 Å². The van der Waals surface area contributed by atoms with E-state index in [-0.39, 0.29) is 5.91 Å². The van der Waals surface area contributed by atoms with Gasteiger partial charge in [-0.2, -0.15) is 0 Å². The molecule has 2 aromatic carbocycles. The third-order valence-electron chi connectivity index (χ3n) is 4.34. The van der Waals surface area contributed by atoms with Gasteiger partial charge in [-0.05, 0) is 36.8 Å². The molecule has 1 amide bonds. The third-order valence-corrected chi connectivity index (χ3v) is 4.34. The van der Waals surface area contributed by atoms with E-state index in [1.165, 1.54) is 11.6 Å². The van der Waals surface area contributed by atoms with E-state index in [2.05, 4.69) is 16.3 Å². The standard InChI is InChI=1S/C22H26N2O3/c1-2-27-21-9-4-3-7-19(21)10-11-22(25)23-20-8-5-6-18(16-20)17-24-12-14-26-15-13-24/h3-11,16H,2,12-15,17H2,1H3,(H,23,25)/b11-10+. The molecule has 2 aromatic rings. The lowest BCUT2D eigenvalue weighted by Gasteiger charge is -2.26. The van der Waals surface area contributed by atoms with Crippen LogP contribution in [-0.2, 0) is 16.1 Å². The highest BCUT2D eigenvalue weighted by molar-refractivity contribution is 6.02. The molecule has 1 aliphatic rings. The molecular formula is C22H26N2O3. The molecule has 0 bridgehead atoms. The zero-order valence-corrected chi connectivity index (χ0v) is 15.7. The van der Waals surface area contributed by atoms with Gasteiger partial charge in [0.15, 0.2) is 0 Å². The van der Waals surface area contributed by atoms with Gasteiger partial charge >= 0.3 is 0 Å². The zero-order valence-electron chi connectivity index (χ0n) is 15.7. The van der Waals surface area contributed by atoms with Crippen molar-refractivity contribution in [2.24, 2.45) is 0 Å². The quantitative estimate of drug-likeness (QED) is 0.761. The number of morpholine rings is 1. The summed E-state index contributed by atoms with van der Waals surface area (Å²) in [7, 11) is 0. The molecule has 142 valence electrons. The highest BCUT2D eigenvalue weighted by atomic mass is 16.5. The second-order valence-electron chi connectivity index (χ2n) is 6.38. The first-order valence-corrected chi connectivity index (χ1v) is 9.34. The van der Waals surface area contributed by atoms with Crippen LogP contribution in [0.1, 0.15) is 18.1 Å². The monoisotopic (exact) mass is 366 g/mol. The number of hydrogen-bond acceptors (Lipinski definition) is 4. The fraction of sp³-hybridized carbons (Fsp3) is 0.318. The number of ether oxygens (including phenoxy) is 2. The van der Waals surface area contributed by atoms with Gasteiger partial charge in [-0.3, -0.25) is 9.69 Å². The summed E-state index contributed by atoms with van der Waals surface area (Å²) in [5.41, 5.74) is 2.87. The zero-order chi connectivity index (χ0) is 18.9. The molecule has 1 heterocycles. The summed E-state index contributed by atoms with van der Waals surface area (Å²) < 4.78 is 11.0. The second kappa shape index (κ2) is 9.90. The van der Waals surface area contributed by atoms with Crippen LogP contribution in [-0.4, -0.2) is 43.7 Å². The number of rotatable bonds is 7. The van der Waals surface area contributed by atoms with Crippen molar-refractivity contribution in [3.05, 3.63) is 65.7 Å². The SMILES string of the molecule is CCOc1ccccc1/C=C/C(=O)Nc1cccc(CN2CCOCC2)c1. The Hall–Kier alpha value is -2.63. The van der Waals surface area contributed by atoms with Gasteiger partial charge in [-0.15, -0.1) is 0 Å². The topological polar surface area (TPSA) is 50.8 Å². The van der Waals surface area contributed by atoms with E-state index in [0.717, 1.165) is 49.8 Å². The number of para-hydroxylation sites is 1. The number of benzene rings is 2. The van der Waals surface area contributed by atoms with Crippen molar-refractivity contribution in [2.45, 2.75) is 13.5 Å². The van der Waals surface area contributed by atoms with Gasteiger partial charge in [0.05, 0.1) is 19.8 Å². The van der Waals surface area contributed by atoms with Crippen molar-refractivity contribution in [3.8, 4) is 5.75 Å². The van der Waals surface area contributed by atoms with Crippen LogP contribution in [0.4, 0.5) is 5.69 Å². The molecular weight excluding hydrogens is 340 g/mol. The van der Waals surface area contributed by atoms with E-state index < -0.39 is 0 Å². The van der Waals surface area contributed by atoms with Gasteiger partial charge in [0.25, 0.3) is 0 Å². The van der Waals surface area contributed by atoms with Crippen LogP contribution in [0.5, 0.6) is 5.75 Å². The van der Waals surface area contributed by atoms with Gasteiger partial charge < -0.3 is 14.8 Å². The maximum absolute atomic E-state index is 12.3. The van der Waals surface area contributed by atoms with Crippen molar-refractivity contribution in [1.29, 1.82) is 0 Å².